The number of rotatable bonds is 14. The second-order valence-electron chi connectivity index (χ2n) is 25.3. The first-order valence-corrected chi connectivity index (χ1v) is 28.8. The van der Waals surface area contributed by atoms with Crippen molar-refractivity contribution in [1.29, 1.82) is 0 Å². The van der Waals surface area contributed by atoms with E-state index in [9.17, 15) is 48.6 Å². The molecule has 0 spiro atoms. The van der Waals surface area contributed by atoms with Gasteiger partial charge >= 0.3 is 49.8 Å². The minimum absolute atomic E-state index is 0. The molecule has 2 aliphatic heterocycles. The van der Waals surface area contributed by atoms with Gasteiger partial charge in [-0.25, -0.2) is 9.59 Å². The van der Waals surface area contributed by atoms with Crippen molar-refractivity contribution in [1.82, 2.24) is 10.6 Å². The van der Waals surface area contributed by atoms with Crippen LogP contribution in [0, 0.1) is 10.8 Å². The number of amides is 6. The maximum atomic E-state index is 14.1. The minimum atomic E-state index is -1.25. The fourth-order valence-corrected chi connectivity index (χ4v) is 10.9. The van der Waals surface area contributed by atoms with E-state index in [1.165, 1.54) is 50.3 Å². The zero-order valence-corrected chi connectivity index (χ0v) is 52.2. The third kappa shape index (κ3) is 16.0. The van der Waals surface area contributed by atoms with Gasteiger partial charge in [-0.3, -0.25) is 19.2 Å². The normalized spacial score (nSPS) is 18.1. The number of carbonyl (C=O) groups is 8. The number of nitrogens with one attached hydrogen (secondary N) is 4. The second-order valence-corrected chi connectivity index (χ2v) is 25.3. The van der Waals surface area contributed by atoms with Crippen LogP contribution in [0.3, 0.4) is 0 Å². The smallest absolute Gasteiger partial charge is 0.549 e. The fourth-order valence-electron chi connectivity index (χ4n) is 10.9. The summed E-state index contributed by atoms with van der Waals surface area (Å²) in [4.78, 5) is 112. The summed E-state index contributed by atoms with van der Waals surface area (Å²) in [5.74, 6) is -3.32. The van der Waals surface area contributed by atoms with Crippen molar-refractivity contribution in [2.24, 2.45) is 10.8 Å². The predicted molar refractivity (Wildman–Crippen MR) is 322 cm³/mol. The van der Waals surface area contributed by atoms with Crippen molar-refractivity contribution >= 4 is 119 Å². The molecule has 4 N–H and O–H groups in total. The van der Waals surface area contributed by atoms with Crippen LogP contribution in [0.1, 0.15) is 145 Å². The molecule has 0 saturated heterocycles. The van der Waals surface area contributed by atoms with E-state index in [4.69, 9.17) is 0 Å². The van der Waals surface area contributed by atoms with E-state index in [1.54, 1.807) is 48.5 Å². The van der Waals surface area contributed by atoms with Crippen LogP contribution in [0.5, 0.6) is 0 Å². The monoisotopic (exact) mass is 1160 g/mol. The Kier molecular flexibility index (Phi) is 21.7. The Morgan fingerprint density at radius 2 is 0.795 bits per heavy atom. The molecule has 8 rings (SSSR count). The Morgan fingerprint density at radius 3 is 1.11 bits per heavy atom. The summed E-state index contributed by atoms with van der Waals surface area (Å²) in [5.41, 5.74) is 1.06. The molecular formula is C64H82CaN8O10. The minimum Gasteiger partial charge on any atom is -0.549 e. The number of carbonyl (C=O) groups excluding carboxylic acids is 8. The summed E-state index contributed by atoms with van der Waals surface area (Å²) in [6, 6.07) is 25.8. The summed E-state index contributed by atoms with van der Waals surface area (Å²) in [7, 11) is 0. The Labute approximate surface area is 518 Å². The molecule has 19 heteroatoms. The zero-order valence-electron chi connectivity index (χ0n) is 50.0. The first-order chi connectivity index (χ1) is 38.6. The van der Waals surface area contributed by atoms with Crippen LogP contribution in [0.15, 0.2) is 97.1 Å². The number of carboxylic acid groups (broad SMARTS) is 2. The van der Waals surface area contributed by atoms with Crippen molar-refractivity contribution in [2.75, 3.05) is 56.4 Å². The standard InChI is InChI=1S/2C32H42N4O5.Ca/c2*1-31(2,3)27(37)20-36-26-17-10-9-16-25(26)35(23-14-7-6-8-15-23)19-24(28(36)38)34-30(41)33-22-13-11-12-21(18-22)32(4,5)29(39)40;/h2*9-13,16-18,23-24H,6-8,14-15,19-20H2,1-5H3,(H,39,40)(H2,33,34,41);/q;;+2/p-2/t2*24-;/m11./s1. The second kappa shape index (κ2) is 27.5. The van der Waals surface area contributed by atoms with Gasteiger partial charge in [-0.05, 0) is 85.3 Å². The van der Waals surface area contributed by atoms with Gasteiger partial charge in [0.2, 0.25) is 0 Å². The van der Waals surface area contributed by atoms with E-state index in [0.29, 0.717) is 33.9 Å². The molecule has 2 aliphatic carbocycles. The van der Waals surface area contributed by atoms with Crippen LogP contribution in [0.25, 0.3) is 0 Å². The van der Waals surface area contributed by atoms with Crippen molar-refractivity contribution in [3.05, 3.63) is 108 Å². The number of hydrogen-bond donors (Lipinski definition) is 4. The van der Waals surface area contributed by atoms with Gasteiger partial charge in [0, 0.05) is 58.2 Å². The molecule has 0 radical (unpaired) electrons. The Balaban J connectivity index is 0.000000263. The molecule has 4 aromatic carbocycles. The Hall–Kier alpha value is -6.50. The van der Waals surface area contributed by atoms with Crippen LogP contribution in [0.2, 0.25) is 0 Å². The van der Waals surface area contributed by atoms with E-state index in [2.05, 4.69) is 31.1 Å². The Morgan fingerprint density at radius 1 is 0.470 bits per heavy atom. The number of anilines is 6. The average Bonchev–Trinajstić information content (AvgIpc) is 3.69. The summed E-state index contributed by atoms with van der Waals surface area (Å²) >= 11 is 0. The predicted octanol–water partition coefficient (Wildman–Crippen LogP) is 7.63. The van der Waals surface area contributed by atoms with Gasteiger partial charge in [0.1, 0.15) is 12.1 Å². The number of nitrogens with zero attached hydrogens (tertiary/aromatic N) is 4. The van der Waals surface area contributed by atoms with Crippen LogP contribution >= 0.6 is 0 Å². The summed E-state index contributed by atoms with van der Waals surface area (Å²) in [6.45, 7) is 17.5. The molecule has 18 nitrogen and oxygen atoms in total. The number of urea groups is 2. The first kappa shape index (κ1) is 65.7. The van der Waals surface area contributed by atoms with Crippen molar-refractivity contribution < 1.29 is 48.6 Å². The van der Waals surface area contributed by atoms with Gasteiger partial charge in [0.05, 0.1) is 47.8 Å². The van der Waals surface area contributed by atoms with Gasteiger partial charge in [-0.15, -0.1) is 0 Å². The number of carboxylic acids is 2. The molecule has 83 heavy (non-hydrogen) atoms. The van der Waals surface area contributed by atoms with Gasteiger partial charge in [-0.2, -0.15) is 0 Å². The van der Waals surface area contributed by atoms with Crippen LogP contribution in [0.4, 0.5) is 43.7 Å². The van der Waals surface area contributed by atoms with Crippen LogP contribution < -0.4 is 51.1 Å². The molecule has 2 fully saturated rings. The average molecular weight is 1160 g/mol. The van der Waals surface area contributed by atoms with Gasteiger partial charge in [0.15, 0.2) is 11.6 Å². The van der Waals surface area contributed by atoms with E-state index in [-0.39, 0.29) is 99.4 Å². The molecule has 0 aromatic heterocycles. The topological polar surface area (TPSA) is 244 Å². The van der Waals surface area contributed by atoms with Crippen LogP contribution in [-0.2, 0) is 39.6 Å². The first-order valence-electron chi connectivity index (χ1n) is 28.8. The molecule has 0 bridgehead atoms. The SMILES string of the molecule is CC(C)(C)C(=O)CN1C(=O)[C@H](NC(=O)Nc2cccc(C(C)(C)C(=O)[O-])c2)CN(C2CCCCC2)c2ccccc21.CC(C)(C)C(=O)CN1C(=O)[C@H](NC(=O)Nc2cccc(C(C)(C)C(=O)[O-])c2)CN(C2CCCCC2)c2ccccc21.[Ca+2]. The van der Waals surface area contributed by atoms with E-state index in [1.807, 2.05) is 90.1 Å². The number of hydrogen-bond acceptors (Lipinski definition) is 12. The molecule has 440 valence electrons. The van der Waals surface area contributed by atoms with Crippen LogP contribution in [-0.4, -0.2) is 135 Å². The number of ketones is 2. The molecule has 4 aromatic rings. The number of para-hydroxylation sites is 4. The summed E-state index contributed by atoms with van der Waals surface area (Å²) in [6.07, 6.45) is 10.7. The molecular weight excluding hydrogens is 1080 g/mol. The molecule has 2 atom stereocenters. The molecule has 6 amide bonds. The third-order valence-corrected chi connectivity index (χ3v) is 16.5. The summed E-state index contributed by atoms with van der Waals surface area (Å²) < 4.78 is 0. The van der Waals surface area contributed by atoms with Gasteiger partial charge in [0.25, 0.3) is 11.8 Å². The molecule has 2 saturated carbocycles. The molecule has 2 heterocycles. The number of fused-ring (bicyclic) bond motifs is 2. The number of benzene rings is 4. The van der Waals surface area contributed by atoms with Gasteiger partial charge < -0.3 is 60.7 Å². The van der Waals surface area contributed by atoms with Crippen molar-refractivity contribution in [2.45, 2.75) is 168 Å². The Bertz CT molecular complexity index is 2830. The van der Waals surface area contributed by atoms with Crippen molar-refractivity contribution in [3.63, 3.8) is 0 Å². The molecule has 4 aliphatic rings. The van der Waals surface area contributed by atoms with E-state index < -0.39 is 57.7 Å². The quantitative estimate of drug-likeness (QED) is 0.0891. The van der Waals surface area contributed by atoms with E-state index >= 15 is 0 Å². The maximum Gasteiger partial charge on any atom is 2.00 e. The van der Waals surface area contributed by atoms with Gasteiger partial charge in [-0.1, -0.05) is 156 Å². The molecule has 0 unspecified atom stereocenters. The van der Waals surface area contributed by atoms with Crippen molar-refractivity contribution in [3.8, 4) is 0 Å². The fraction of sp³-hybridized carbons (Fsp3) is 0.500. The van der Waals surface area contributed by atoms with E-state index in [0.717, 1.165) is 62.7 Å². The number of aliphatic carboxylic acids is 2. The maximum absolute atomic E-state index is 14.1. The number of Topliss-reactive ketones (excluding diaryl/α,β-unsaturated/α-hetero) is 2. The zero-order chi connectivity index (χ0) is 59.9. The summed E-state index contributed by atoms with van der Waals surface area (Å²) in [5, 5.41) is 34.5. The third-order valence-electron chi connectivity index (χ3n) is 16.5. The largest absolute Gasteiger partial charge is 2.00 e.